The van der Waals surface area contributed by atoms with E-state index in [2.05, 4.69) is 25.7 Å². The second-order valence-electron chi connectivity index (χ2n) is 13.3. The fourth-order valence-electron chi connectivity index (χ4n) is 4.85. The van der Waals surface area contributed by atoms with Gasteiger partial charge in [-0.05, 0) is 70.1 Å². The Bertz CT molecular complexity index is 1380. The van der Waals surface area contributed by atoms with E-state index in [-0.39, 0.29) is 35.6 Å². The number of benzene rings is 1. The van der Waals surface area contributed by atoms with Crippen molar-refractivity contribution in [2.45, 2.75) is 85.9 Å². The summed E-state index contributed by atoms with van der Waals surface area (Å²) in [5.74, 6) is -3.41. The summed E-state index contributed by atoms with van der Waals surface area (Å²) in [4.78, 5) is 67.9. The molecule has 1 aromatic heterocycles. The molecule has 0 spiro atoms. The molecule has 3 amide bonds. The van der Waals surface area contributed by atoms with Gasteiger partial charge in [-0.1, -0.05) is 26.8 Å². The van der Waals surface area contributed by atoms with E-state index < -0.39 is 65.6 Å². The third-order valence-corrected chi connectivity index (χ3v) is 7.11. The van der Waals surface area contributed by atoms with Gasteiger partial charge in [-0.15, -0.1) is 0 Å². The van der Waals surface area contributed by atoms with Crippen molar-refractivity contribution in [1.82, 2.24) is 20.9 Å². The normalized spacial score (nSPS) is 17.0. The van der Waals surface area contributed by atoms with E-state index in [4.69, 9.17) is 4.74 Å². The number of fused-ring (bicyclic) bond motifs is 1. The van der Waals surface area contributed by atoms with Gasteiger partial charge in [-0.2, -0.15) is 8.78 Å². The minimum Gasteiger partial charge on any atom is -0.457 e. The molecule has 3 atom stereocenters. The van der Waals surface area contributed by atoms with E-state index in [9.17, 15) is 32.8 Å². The first-order chi connectivity index (χ1) is 20.4. The number of aromatic nitrogens is 1. The fourth-order valence-corrected chi connectivity index (χ4v) is 4.85. The Morgan fingerprint density at radius 3 is 2.36 bits per heavy atom. The van der Waals surface area contributed by atoms with Crippen LogP contribution in [0.1, 0.15) is 77.7 Å². The third-order valence-electron chi connectivity index (χ3n) is 7.11. The number of rotatable bonds is 12. The predicted octanol–water partition coefficient (Wildman–Crippen LogP) is 3.86. The number of piperidine rings is 1. The SMILES string of the molecule is CC(C)(C)C[C@H](NC(=O)c1cc2c(OC(F)F)cccc2[nH]1)C(=O)N[C@@H](C[C@@H]1CCCNC1=O)C(=O)COC(=O)C(C)(C)C. The molecule has 242 valence electrons. The quantitative estimate of drug-likeness (QED) is 0.263. The van der Waals surface area contributed by atoms with E-state index in [1.165, 1.54) is 18.2 Å². The van der Waals surface area contributed by atoms with Crippen LogP contribution in [0.5, 0.6) is 5.75 Å². The van der Waals surface area contributed by atoms with Crippen LogP contribution in [0, 0.1) is 16.7 Å². The first-order valence-corrected chi connectivity index (χ1v) is 14.6. The summed E-state index contributed by atoms with van der Waals surface area (Å²) in [6.07, 6.45) is 1.40. The van der Waals surface area contributed by atoms with Crippen molar-refractivity contribution >= 4 is 40.4 Å². The predicted molar refractivity (Wildman–Crippen MR) is 158 cm³/mol. The molecule has 1 fully saturated rings. The minimum atomic E-state index is -3.06. The maximum Gasteiger partial charge on any atom is 0.387 e. The smallest absolute Gasteiger partial charge is 0.387 e. The molecule has 1 aliphatic heterocycles. The van der Waals surface area contributed by atoms with Crippen molar-refractivity contribution in [3.05, 3.63) is 30.0 Å². The van der Waals surface area contributed by atoms with Crippen LogP contribution in [0.2, 0.25) is 0 Å². The molecule has 1 aliphatic rings. The van der Waals surface area contributed by atoms with Crippen LogP contribution < -0.4 is 20.7 Å². The zero-order chi connectivity index (χ0) is 32.8. The number of alkyl halides is 2. The molecule has 0 saturated carbocycles. The van der Waals surface area contributed by atoms with Crippen LogP contribution in [0.15, 0.2) is 24.3 Å². The zero-order valence-corrected chi connectivity index (χ0v) is 26.0. The van der Waals surface area contributed by atoms with E-state index in [1.807, 2.05) is 20.8 Å². The highest BCUT2D eigenvalue weighted by molar-refractivity contribution is 6.02. The first-order valence-electron chi connectivity index (χ1n) is 14.6. The van der Waals surface area contributed by atoms with Crippen molar-refractivity contribution < 1.29 is 42.2 Å². The van der Waals surface area contributed by atoms with Gasteiger partial charge in [-0.3, -0.25) is 24.0 Å². The Labute approximate surface area is 255 Å². The number of H-pyrrole nitrogens is 1. The summed E-state index contributed by atoms with van der Waals surface area (Å²) in [7, 11) is 0. The molecule has 0 radical (unpaired) electrons. The van der Waals surface area contributed by atoms with E-state index in [1.54, 1.807) is 26.8 Å². The highest BCUT2D eigenvalue weighted by atomic mass is 19.3. The van der Waals surface area contributed by atoms with Crippen LogP contribution in [0.25, 0.3) is 10.9 Å². The number of carbonyl (C=O) groups excluding carboxylic acids is 5. The van der Waals surface area contributed by atoms with Crippen molar-refractivity contribution in [3.63, 3.8) is 0 Å². The average Bonchev–Trinajstić information content (AvgIpc) is 3.36. The maximum atomic E-state index is 13.7. The Balaban J connectivity index is 1.83. The van der Waals surface area contributed by atoms with Crippen molar-refractivity contribution in [2.24, 2.45) is 16.7 Å². The summed E-state index contributed by atoms with van der Waals surface area (Å²) < 4.78 is 35.5. The van der Waals surface area contributed by atoms with Crippen molar-refractivity contribution in [3.8, 4) is 5.75 Å². The highest BCUT2D eigenvalue weighted by Crippen LogP contribution is 2.28. The summed E-state index contributed by atoms with van der Waals surface area (Å²) in [6, 6.07) is 3.52. The minimum absolute atomic E-state index is 0.00537. The molecule has 2 heterocycles. The van der Waals surface area contributed by atoms with Crippen LogP contribution in [0.4, 0.5) is 8.78 Å². The number of ether oxygens (including phenoxy) is 2. The molecule has 1 aromatic carbocycles. The second kappa shape index (κ2) is 14.2. The summed E-state index contributed by atoms with van der Waals surface area (Å²) in [5.41, 5.74) is -0.901. The first kappa shape index (κ1) is 34.5. The van der Waals surface area contributed by atoms with Gasteiger partial charge in [0, 0.05) is 23.4 Å². The van der Waals surface area contributed by atoms with E-state index >= 15 is 0 Å². The molecular weight excluding hydrogens is 578 g/mol. The molecule has 0 aliphatic carbocycles. The molecule has 0 bridgehead atoms. The Morgan fingerprint density at radius 1 is 1.05 bits per heavy atom. The van der Waals surface area contributed by atoms with Gasteiger partial charge in [-0.25, -0.2) is 0 Å². The number of amides is 3. The van der Waals surface area contributed by atoms with Crippen LogP contribution in [-0.4, -0.2) is 66.3 Å². The molecule has 44 heavy (non-hydrogen) atoms. The number of nitrogens with one attached hydrogen (secondary N) is 4. The monoisotopic (exact) mass is 620 g/mol. The molecular formula is C31H42F2N4O7. The number of hydrogen-bond donors (Lipinski definition) is 4. The lowest BCUT2D eigenvalue weighted by Crippen LogP contribution is -2.54. The van der Waals surface area contributed by atoms with Crippen LogP contribution in [-0.2, 0) is 23.9 Å². The van der Waals surface area contributed by atoms with Crippen LogP contribution >= 0.6 is 0 Å². The molecule has 1 saturated heterocycles. The maximum absolute atomic E-state index is 13.7. The van der Waals surface area contributed by atoms with Gasteiger partial charge in [0.05, 0.1) is 11.5 Å². The highest BCUT2D eigenvalue weighted by Gasteiger charge is 2.35. The lowest BCUT2D eigenvalue weighted by molar-refractivity contribution is -0.156. The van der Waals surface area contributed by atoms with E-state index in [0.29, 0.717) is 24.9 Å². The van der Waals surface area contributed by atoms with Crippen molar-refractivity contribution in [2.75, 3.05) is 13.2 Å². The standard InChI is InChI=1S/C31H42F2N4O7/c1-30(2,3)15-22(37-26(40)21-14-18-19(35-21)10-7-11-24(18)44-29(32)33)27(41)36-20(13-17-9-8-12-34-25(17)39)23(38)16-43-28(42)31(4,5)6/h7,10-11,14,17,20,22,29,35H,8-9,12-13,15-16H2,1-6H3,(H,34,39)(H,36,41)(H,37,40)/t17-,20-,22-/m0/s1. The van der Waals surface area contributed by atoms with Gasteiger partial charge in [0.15, 0.2) is 12.4 Å². The Kier molecular flexibility index (Phi) is 11.1. The second-order valence-corrected chi connectivity index (χ2v) is 13.3. The number of hydrogen-bond acceptors (Lipinski definition) is 7. The molecule has 4 N–H and O–H groups in total. The third kappa shape index (κ3) is 9.75. The summed E-state index contributed by atoms with van der Waals surface area (Å²) in [5, 5.41) is 8.41. The number of halogens is 2. The molecule has 11 nitrogen and oxygen atoms in total. The largest absolute Gasteiger partial charge is 0.457 e. The Hall–Kier alpha value is -4.03. The molecule has 3 rings (SSSR count). The zero-order valence-electron chi connectivity index (χ0n) is 26.0. The summed E-state index contributed by atoms with van der Waals surface area (Å²) >= 11 is 0. The average molecular weight is 621 g/mol. The molecule has 2 aromatic rings. The number of ketones is 1. The van der Waals surface area contributed by atoms with E-state index in [0.717, 1.165) is 0 Å². The Morgan fingerprint density at radius 2 is 1.75 bits per heavy atom. The number of carbonyl (C=O) groups is 5. The number of Topliss-reactive ketones (excluding diaryl/α,β-unsaturated/α-hetero) is 1. The van der Waals surface area contributed by atoms with Gasteiger partial charge in [0.2, 0.25) is 11.8 Å². The van der Waals surface area contributed by atoms with Crippen molar-refractivity contribution in [1.29, 1.82) is 0 Å². The number of esters is 1. The summed E-state index contributed by atoms with van der Waals surface area (Å²) in [6.45, 7) is 7.42. The fraction of sp³-hybridized carbons (Fsp3) is 0.581. The van der Waals surface area contributed by atoms with Gasteiger partial charge < -0.3 is 30.4 Å². The lowest BCUT2D eigenvalue weighted by atomic mass is 9.87. The molecule has 0 unspecified atom stereocenters. The van der Waals surface area contributed by atoms with Gasteiger partial charge in [0.1, 0.15) is 17.5 Å². The lowest BCUT2D eigenvalue weighted by Gasteiger charge is -2.30. The van der Waals surface area contributed by atoms with Crippen LogP contribution in [0.3, 0.4) is 0 Å². The van der Waals surface area contributed by atoms with Gasteiger partial charge in [0.25, 0.3) is 5.91 Å². The van der Waals surface area contributed by atoms with Gasteiger partial charge >= 0.3 is 12.6 Å². The molecule has 13 heteroatoms. The number of aromatic amines is 1. The topological polar surface area (TPSA) is 156 Å².